The lowest BCUT2D eigenvalue weighted by atomic mass is 9.84. The lowest BCUT2D eigenvalue weighted by Crippen LogP contribution is -2.27. The van der Waals surface area contributed by atoms with Crippen molar-refractivity contribution in [2.75, 3.05) is 0 Å². The first-order chi connectivity index (χ1) is 11.6. The van der Waals surface area contributed by atoms with Crippen LogP contribution in [0, 0.1) is 17.7 Å². The molecule has 0 bridgehead atoms. The number of hydrogen-bond donors (Lipinski definition) is 1. The first kappa shape index (κ1) is 16.6. The molecule has 2 nitrogen and oxygen atoms in total. The van der Waals surface area contributed by atoms with Crippen LogP contribution in [0.25, 0.3) is 6.08 Å². The largest absolute Gasteiger partial charge is 0.389 e. The Kier molecular flexibility index (Phi) is 5.21. The fourth-order valence-electron chi connectivity index (χ4n) is 3.47. The molecule has 3 heteroatoms. The Bertz CT molecular complexity index is 706. The van der Waals surface area contributed by atoms with E-state index in [-0.39, 0.29) is 23.4 Å². The molecule has 0 aliphatic heterocycles. The van der Waals surface area contributed by atoms with Gasteiger partial charge in [-0.1, -0.05) is 48.9 Å². The number of halogens is 1. The van der Waals surface area contributed by atoms with E-state index in [0.717, 1.165) is 24.8 Å². The van der Waals surface area contributed by atoms with Gasteiger partial charge >= 0.3 is 0 Å². The molecule has 2 aromatic rings. The van der Waals surface area contributed by atoms with E-state index < -0.39 is 6.10 Å². The third-order valence-electron chi connectivity index (χ3n) is 4.76. The van der Waals surface area contributed by atoms with Crippen LogP contribution in [0.2, 0.25) is 0 Å². The number of aliphatic hydroxyl groups is 1. The van der Waals surface area contributed by atoms with Crippen LogP contribution in [-0.4, -0.2) is 17.0 Å². The van der Waals surface area contributed by atoms with Gasteiger partial charge in [0, 0.05) is 11.5 Å². The highest BCUT2D eigenvalue weighted by Crippen LogP contribution is 2.37. The third kappa shape index (κ3) is 3.80. The number of benzene rings is 2. The van der Waals surface area contributed by atoms with E-state index in [4.69, 9.17) is 0 Å². The van der Waals surface area contributed by atoms with Gasteiger partial charge < -0.3 is 5.11 Å². The van der Waals surface area contributed by atoms with Crippen molar-refractivity contribution in [2.24, 2.45) is 11.8 Å². The van der Waals surface area contributed by atoms with E-state index >= 15 is 0 Å². The zero-order valence-electron chi connectivity index (χ0n) is 13.4. The molecule has 0 unspecified atom stereocenters. The summed E-state index contributed by atoms with van der Waals surface area (Å²) in [7, 11) is 0. The minimum absolute atomic E-state index is 0.00432. The summed E-state index contributed by atoms with van der Waals surface area (Å²) in [6.07, 6.45) is 5.55. The van der Waals surface area contributed by atoms with E-state index in [1.807, 2.05) is 36.4 Å². The van der Waals surface area contributed by atoms with Gasteiger partial charge in [-0.15, -0.1) is 0 Å². The van der Waals surface area contributed by atoms with E-state index in [2.05, 4.69) is 0 Å². The summed E-state index contributed by atoms with van der Waals surface area (Å²) in [6.45, 7) is 0. The van der Waals surface area contributed by atoms with E-state index in [1.165, 1.54) is 24.3 Å². The summed E-state index contributed by atoms with van der Waals surface area (Å²) in [5, 5.41) is 10.5. The van der Waals surface area contributed by atoms with Crippen LogP contribution in [0.15, 0.2) is 60.7 Å². The summed E-state index contributed by atoms with van der Waals surface area (Å²) in [5.41, 5.74) is 1.54. The van der Waals surface area contributed by atoms with Crippen LogP contribution in [-0.2, 0) is 0 Å². The van der Waals surface area contributed by atoms with Crippen molar-refractivity contribution in [1.29, 1.82) is 0 Å². The zero-order valence-corrected chi connectivity index (χ0v) is 13.4. The van der Waals surface area contributed by atoms with Crippen LogP contribution < -0.4 is 0 Å². The second kappa shape index (κ2) is 7.54. The lowest BCUT2D eigenvalue weighted by Gasteiger charge is -2.22. The summed E-state index contributed by atoms with van der Waals surface area (Å²) in [4.78, 5) is 12.7. The highest BCUT2D eigenvalue weighted by molar-refractivity contribution is 5.98. The minimum Gasteiger partial charge on any atom is -0.389 e. The fourth-order valence-corrected chi connectivity index (χ4v) is 3.47. The first-order valence-corrected chi connectivity index (χ1v) is 8.36. The molecule has 124 valence electrons. The second-order valence-electron chi connectivity index (χ2n) is 6.33. The van der Waals surface area contributed by atoms with E-state index in [9.17, 15) is 14.3 Å². The SMILES string of the molecule is O=C(c1ccc(F)cc1)[C@H]1CCC[C@@H]1[C@@H](O)/C=C/c1ccccc1. The Morgan fingerprint density at radius 1 is 1.08 bits per heavy atom. The Hall–Kier alpha value is -2.26. The smallest absolute Gasteiger partial charge is 0.166 e. The molecule has 0 aromatic heterocycles. The normalized spacial score (nSPS) is 21.9. The molecule has 0 heterocycles. The van der Waals surface area contributed by atoms with Crippen molar-refractivity contribution in [3.8, 4) is 0 Å². The molecular weight excluding hydrogens is 303 g/mol. The van der Waals surface area contributed by atoms with Crippen molar-refractivity contribution in [2.45, 2.75) is 25.4 Å². The number of carbonyl (C=O) groups is 1. The Labute approximate surface area is 141 Å². The molecule has 2 aromatic carbocycles. The minimum atomic E-state index is -0.651. The van der Waals surface area contributed by atoms with Gasteiger partial charge in [0.25, 0.3) is 0 Å². The van der Waals surface area contributed by atoms with Crippen molar-refractivity contribution in [1.82, 2.24) is 0 Å². The number of ketones is 1. The molecule has 3 atom stereocenters. The maximum absolute atomic E-state index is 13.0. The quantitative estimate of drug-likeness (QED) is 0.822. The van der Waals surface area contributed by atoms with Gasteiger partial charge in [-0.25, -0.2) is 4.39 Å². The van der Waals surface area contributed by atoms with Gasteiger partial charge in [0.15, 0.2) is 5.78 Å². The highest BCUT2D eigenvalue weighted by Gasteiger charge is 2.36. The molecule has 0 saturated heterocycles. The summed E-state index contributed by atoms with van der Waals surface area (Å²) < 4.78 is 13.0. The lowest BCUT2D eigenvalue weighted by molar-refractivity contribution is 0.0778. The van der Waals surface area contributed by atoms with Crippen LogP contribution in [0.4, 0.5) is 4.39 Å². The first-order valence-electron chi connectivity index (χ1n) is 8.36. The van der Waals surface area contributed by atoms with E-state index in [1.54, 1.807) is 6.08 Å². The maximum atomic E-state index is 13.0. The molecule has 1 N–H and O–H groups in total. The molecule has 0 amide bonds. The Morgan fingerprint density at radius 2 is 1.79 bits per heavy atom. The third-order valence-corrected chi connectivity index (χ3v) is 4.76. The predicted molar refractivity (Wildman–Crippen MR) is 93.0 cm³/mol. The molecular formula is C21H21FO2. The topological polar surface area (TPSA) is 37.3 Å². The van der Waals surface area contributed by atoms with Gasteiger partial charge in [-0.05, 0) is 48.6 Å². The number of rotatable bonds is 5. The second-order valence-corrected chi connectivity index (χ2v) is 6.33. The van der Waals surface area contributed by atoms with Crippen molar-refractivity contribution in [3.05, 3.63) is 77.6 Å². The molecule has 0 spiro atoms. The Morgan fingerprint density at radius 3 is 2.50 bits per heavy atom. The van der Waals surface area contributed by atoms with Crippen LogP contribution in [0.1, 0.15) is 35.2 Å². The van der Waals surface area contributed by atoms with Gasteiger partial charge in [-0.3, -0.25) is 4.79 Å². The van der Waals surface area contributed by atoms with Crippen molar-refractivity contribution in [3.63, 3.8) is 0 Å². The monoisotopic (exact) mass is 324 g/mol. The van der Waals surface area contributed by atoms with Gasteiger partial charge in [-0.2, -0.15) is 0 Å². The predicted octanol–water partition coefficient (Wildman–Crippen LogP) is 4.50. The summed E-state index contributed by atoms with van der Waals surface area (Å²) in [6, 6.07) is 15.5. The van der Waals surface area contributed by atoms with Crippen molar-refractivity contribution >= 4 is 11.9 Å². The molecule has 1 saturated carbocycles. The average Bonchev–Trinajstić information content (AvgIpc) is 3.10. The number of carbonyl (C=O) groups excluding carboxylic acids is 1. The summed E-state index contributed by atoms with van der Waals surface area (Å²) in [5.74, 6) is -0.626. The Balaban J connectivity index is 1.71. The zero-order chi connectivity index (χ0) is 16.9. The summed E-state index contributed by atoms with van der Waals surface area (Å²) >= 11 is 0. The number of Topliss-reactive ketones (excluding diaryl/α,β-unsaturated/α-hetero) is 1. The average molecular weight is 324 g/mol. The molecule has 1 aliphatic rings. The van der Waals surface area contributed by atoms with Crippen LogP contribution in [0.5, 0.6) is 0 Å². The van der Waals surface area contributed by atoms with Crippen LogP contribution in [0.3, 0.4) is 0 Å². The van der Waals surface area contributed by atoms with Crippen molar-refractivity contribution < 1.29 is 14.3 Å². The van der Waals surface area contributed by atoms with Gasteiger partial charge in [0.1, 0.15) is 5.82 Å². The number of hydrogen-bond acceptors (Lipinski definition) is 2. The van der Waals surface area contributed by atoms with E-state index in [0.29, 0.717) is 5.56 Å². The van der Waals surface area contributed by atoms with Gasteiger partial charge in [0.2, 0.25) is 0 Å². The fraction of sp³-hybridized carbons (Fsp3) is 0.286. The van der Waals surface area contributed by atoms with Crippen LogP contribution >= 0.6 is 0 Å². The molecule has 3 rings (SSSR count). The molecule has 0 radical (unpaired) electrons. The molecule has 1 aliphatic carbocycles. The van der Waals surface area contributed by atoms with Gasteiger partial charge in [0.05, 0.1) is 6.10 Å². The molecule has 24 heavy (non-hydrogen) atoms. The maximum Gasteiger partial charge on any atom is 0.166 e. The number of aliphatic hydroxyl groups excluding tert-OH is 1. The molecule has 1 fully saturated rings. The standard InChI is InChI=1S/C21H21FO2/c22-17-12-10-16(11-13-17)21(24)19-8-4-7-18(19)20(23)14-9-15-5-2-1-3-6-15/h1-3,5-6,9-14,18-20,23H,4,7-8H2/b14-9+/t18-,19-,20-/m0/s1. The highest BCUT2D eigenvalue weighted by atomic mass is 19.1.